The number of aliphatic hydroxyl groups excluding tert-OH is 1. The lowest BCUT2D eigenvalue weighted by Crippen LogP contribution is -2.54. The molecule has 1 unspecified atom stereocenters. The van der Waals surface area contributed by atoms with Crippen molar-refractivity contribution in [2.24, 2.45) is 46.3 Å². The van der Waals surface area contributed by atoms with E-state index in [9.17, 15) is 24.2 Å². The molecule has 0 aliphatic heterocycles. The molecule has 42 heavy (non-hydrogen) atoms. The first kappa shape index (κ1) is 31.4. The highest BCUT2D eigenvalue weighted by Gasteiger charge is 2.60. The molecule has 1 heterocycles. The summed E-state index contributed by atoms with van der Waals surface area (Å²) < 4.78 is 14.0. The summed E-state index contributed by atoms with van der Waals surface area (Å²) >= 11 is 0. The maximum Gasteiger partial charge on any atom is 0.326 e. The van der Waals surface area contributed by atoms with E-state index in [1.165, 1.54) is 44.9 Å². The fraction of sp³-hybridized carbons (Fsp3) is 0.879. The number of fused-ring (bicyclic) bond motifs is 5. The van der Waals surface area contributed by atoms with Crippen LogP contribution in [0.5, 0.6) is 0 Å². The second kappa shape index (κ2) is 12.9. The number of carbonyl (C=O) groups is 2. The molecule has 5 rings (SSSR count). The number of hydrogen-bond acceptors (Lipinski definition) is 5. The Morgan fingerprint density at radius 3 is 2.62 bits per heavy atom. The Labute approximate surface area is 250 Å². The predicted octanol–water partition coefficient (Wildman–Crippen LogP) is 5.58. The number of nitrogens with one attached hydrogen (secondary N) is 1. The van der Waals surface area contributed by atoms with E-state index in [1.54, 1.807) is 10.9 Å². The van der Waals surface area contributed by atoms with Crippen molar-refractivity contribution in [3.63, 3.8) is 0 Å². The summed E-state index contributed by atoms with van der Waals surface area (Å²) in [6.07, 6.45) is 14.6. The molecule has 3 N–H and O–H groups in total. The Bertz CT molecular complexity index is 1100. The van der Waals surface area contributed by atoms with Gasteiger partial charge in [0.15, 0.2) is 0 Å². The lowest BCUT2D eigenvalue weighted by molar-refractivity contribution is -0.141. The van der Waals surface area contributed by atoms with Gasteiger partial charge in [-0.15, -0.1) is 5.10 Å². The number of aliphatic hydroxyl groups is 1. The summed E-state index contributed by atoms with van der Waals surface area (Å²) in [5.41, 5.74) is 1.20. The highest BCUT2D eigenvalue weighted by molar-refractivity contribution is 5.83. The number of carboxylic acids is 1. The van der Waals surface area contributed by atoms with Gasteiger partial charge < -0.3 is 15.5 Å². The molecule has 4 saturated carbocycles. The van der Waals surface area contributed by atoms with E-state index >= 15 is 0 Å². The number of aromatic nitrogens is 3. The Morgan fingerprint density at radius 2 is 1.86 bits per heavy atom. The zero-order valence-electron chi connectivity index (χ0n) is 25.9. The highest BCUT2D eigenvalue weighted by Crippen LogP contribution is 2.68. The van der Waals surface area contributed by atoms with Gasteiger partial charge in [0.1, 0.15) is 6.04 Å². The van der Waals surface area contributed by atoms with Crippen LogP contribution in [-0.2, 0) is 22.6 Å². The van der Waals surface area contributed by atoms with Gasteiger partial charge in [-0.25, -0.2) is 4.79 Å². The smallest absolute Gasteiger partial charge is 0.326 e. The van der Waals surface area contributed by atoms with Crippen molar-refractivity contribution >= 4 is 11.9 Å². The molecule has 1 amide bonds. The molecule has 4 aliphatic carbocycles. The van der Waals surface area contributed by atoms with Crippen molar-refractivity contribution in [3.05, 3.63) is 11.9 Å². The number of carbonyl (C=O) groups excluding carboxylic acids is 1. The third-order valence-electron chi connectivity index (χ3n) is 12.6. The molecule has 0 bridgehead atoms. The number of nitrogens with zero attached hydrogens (tertiary/aromatic N) is 3. The van der Waals surface area contributed by atoms with Crippen LogP contribution in [0.1, 0.15) is 110 Å². The Kier molecular flexibility index (Phi) is 9.65. The van der Waals surface area contributed by atoms with E-state index in [0.717, 1.165) is 37.0 Å². The zero-order chi connectivity index (χ0) is 30.1. The van der Waals surface area contributed by atoms with Crippen LogP contribution >= 0.6 is 0 Å². The average Bonchev–Trinajstić information content (AvgIpc) is 3.55. The van der Waals surface area contributed by atoms with Crippen LogP contribution in [0, 0.1) is 46.3 Å². The minimum atomic E-state index is -1.08. The second-order valence-electron chi connectivity index (χ2n) is 14.9. The maximum atomic E-state index is 12.9. The van der Waals surface area contributed by atoms with Gasteiger partial charge in [-0.1, -0.05) is 26.0 Å². The molecule has 9 heteroatoms. The third-order valence-corrected chi connectivity index (χ3v) is 12.6. The SMILES string of the molecule is C[C@H](CCC(=O)NC(Cc1cn(CCCCF)nn1)C(=O)O)[C@H]1CC[C@H]2[C@@H]3CC[C@@H]4C[C@H](O)CC[C@]4(C)[C@H]3CC[C@]12C. The molecular formula is C33H53FN4O4. The highest BCUT2D eigenvalue weighted by atomic mass is 19.1. The number of unbranched alkanes of at least 4 members (excludes halogenated alkanes) is 1. The second-order valence-corrected chi connectivity index (χ2v) is 14.9. The van der Waals surface area contributed by atoms with Gasteiger partial charge in [-0.3, -0.25) is 13.9 Å². The average molecular weight is 589 g/mol. The van der Waals surface area contributed by atoms with E-state index < -0.39 is 12.0 Å². The minimum absolute atomic E-state index is 0.0728. The first-order valence-corrected chi connectivity index (χ1v) is 16.7. The molecule has 0 saturated heterocycles. The number of aryl methyl sites for hydroxylation is 1. The summed E-state index contributed by atoms with van der Waals surface area (Å²) in [5, 5.41) is 30.9. The van der Waals surface area contributed by atoms with E-state index in [-0.39, 0.29) is 25.1 Å². The summed E-state index contributed by atoms with van der Waals surface area (Å²) in [5.74, 6) is 2.70. The molecule has 1 aromatic rings. The molecule has 0 aromatic carbocycles. The van der Waals surface area contributed by atoms with Crippen molar-refractivity contribution in [2.75, 3.05) is 6.67 Å². The van der Waals surface area contributed by atoms with Gasteiger partial charge in [0.05, 0.1) is 18.5 Å². The molecule has 236 valence electrons. The van der Waals surface area contributed by atoms with Gasteiger partial charge in [-0.2, -0.15) is 0 Å². The van der Waals surface area contributed by atoms with Crippen molar-refractivity contribution in [1.82, 2.24) is 20.3 Å². The number of aliphatic carboxylic acids is 1. The van der Waals surface area contributed by atoms with Crippen LogP contribution in [0.25, 0.3) is 0 Å². The molecule has 0 radical (unpaired) electrons. The quantitative estimate of drug-likeness (QED) is 0.275. The molecule has 0 spiro atoms. The van der Waals surface area contributed by atoms with Crippen molar-refractivity contribution in [1.29, 1.82) is 0 Å². The van der Waals surface area contributed by atoms with Crippen molar-refractivity contribution in [2.45, 2.75) is 129 Å². The molecule has 4 fully saturated rings. The molecule has 1 aromatic heterocycles. The number of amides is 1. The lowest BCUT2D eigenvalue weighted by Gasteiger charge is -2.61. The number of halogens is 1. The monoisotopic (exact) mass is 588 g/mol. The van der Waals surface area contributed by atoms with Crippen LogP contribution in [0.15, 0.2) is 6.20 Å². The van der Waals surface area contributed by atoms with Crippen molar-refractivity contribution < 1.29 is 24.2 Å². The molecule has 8 nitrogen and oxygen atoms in total. The Balaban J connectivity index is 1.13. The van der Waals surface area contributed by atoms with Crippen LogP contribution < -0.4 is 5.32 Å². The first-order valence-electron chi connectivity index (χ1n) is 16.7. The molecule has 4 aliphatic rings. The largest absolute Gasteiger partial charge is 0.480 e. The maximum absolute atomic E-state index is 12.9. The minimum Gasteiger partial charge on any atom is -0.480 e. The Morgan fingerprint density at radius 1 is 1.10 bits per heavy atom. The fourth-order valence-electron chi connectivity index (χ4n) is 10.4. The van der Waals surface area contributed by atoms with Crippen LogP contribution in [-0.4, -0.2) is 55.9 Å². The summed E-state index contributed by atoms with van der Waals surface area (Å²) in [6.45, 7) is 7.53. The van der Waals surface area contributed by atoms with Crippen LogP contribution in [0.2, 0.25) is 0 Å². The summed E-state index contributed by atoms with van der Waals surface area (Å²) in [4.78, 5) is 24.8. The predicted molar refractivity (Wildman–Crippen MR) is 158 cm³/mol. The van der Waals surface area contributed by atoms with Crippen LogP contribution in [0.4, 0.5) is 4.39 Å². The van der Waals surface area contributed by atoms with E-state index in [4.69, 9.17) is 0 Å². The summed E-state index contributed by atoms with van der Waals surface area (Å²) in [6, 6.07) is -1.05. The summed E-state index contributed by atoms with van der Waals surface area (Å²) in [7, 11) is 0. The van der Waals surface area contributed by atoms with Crippen molar-refractivity contribution in [3.8, 4) is 0 Å². The van der Waals surface area contributed by atoms with E-state index in [0.29, 0.717) is 60.1 Å². The fourth-order valence-corrected chi connectivity index (χ4v) is 10.4. The molecular weight excluding hydrogens is 535 g/mol. The Hall–Kier alpha value is -2.03. The third kappa shape index (κ3) is 6.27. The first-order chi connectivity index (χ1) is 20.0. The lowest BCUT2D eigenvalue weighted by atomic mass is 9.44. The number of rotatable bonds is 12. The normalized spacial score (nSPS) is 37.3. The van der Waals surface area contributed by atoms with E-state index in [2.05, 4.69) is 36.4 Å². The zero-order valence-corrected chi connectivity index (χ0v) is 25.9. The number of hydrogen-bond donors (Lipinski definition) is 3. The van der Waals surface area contributed by atoms with Gasteiger partial charge in [0, 0.05) is 25.6 Å². The van der Waals surface area contributed by atoms with Gasteiger partial charge in [0.2, 0.25) is 5.91 Å². The molecule has 10 atom stereocenters. The number of alkyl halides is 1. The number of carboxylic acid groups (broad SMARTS) is 1. The van der Waals surface area contributed by atoms with Crippen LogP contribution in [0.3, 0.4) is 0 Å². The standard InChI is InChI=1S/C33H53FN4O4/c1-21(6-11-30(40)35-29(31(41)42)19-23-20-38(37-36-23)17-5-4-16-34)26-9-10-27-25-8-7-22-18-24(39)12-14-32(22,2)28(25)13-15-33(26,27)3/h20-22,24-29,39H,4-19H2,1-3H3,(H,35,40)(H,41,42)/t21-,22-,24-,25+,26-,27+,28+,29?,32+,33-/m1/s1. The van der Waals surface area contributed by atoms with E-state index in [1.807, 2.05) is 0 Å². The van der Waals surface area contributed by atoms with Gasteiger partial charge >= 0.3 is 5.97 Å². The van der Waals surface area contributed by atoms with Gasteiger partial charge in [0.25, 0.3) is 0 Å². The van der Waals surface area contributed by atoms with Gasteiger partial charge in [-0.05, 0) is 123 Å². The topological polar surface area (TPSA) is 117 Å².